The largest absolute Gasteiger partial charge is 0.322 e. The van der Waals surface area contributed by atoms with Crippen molar-refractivity contribution in [3.05, 3.63) is 53.1 Å². The Morgan fingerprint density at radius 2 is 2.00 bits per heavy atom. The van der Waals surface area contributed by atoms with Gasteiger partial charge in [-0.1, -0.05) is 17.7 Å². The fourth-order valence-electron chi connectivity index (χ4n) is 2.81. The Hall–Kier alpha value is -1.70. The minimum Gasteiger partial charge on any atom is -0.322 e. The molecule has 0 bridgehead atoms. The first-order valence-electron chi connectivity index (χ1n) is 8.16. The highest BCUT2D eigenvalue weighted by Crippen LogP contribution is 2.32. The van der Waals surface area contributed by atoms with E-state index in [1.165, 1.54) is 4.31 Å². The Morgan fingerprint density at radius 1 is 1.19 bits per heavy atom. The summed E-state index contributed by atoms with van der Waals surface area (Å²) >= 11 is 7.81. The molecule has 1 aliphatic rings. The molecule has 0 saturated carbocycles. The Kier molecular flexibility index (Phi) is 5.79. The average molecular weight is 411 g/mol. The molecule has 2 aromatic rings. The van der Waals surface area contributed by atoms with Gasteiger partial charge >= 0.3 is 0 Å². The van der Waals surface area contributed by atoms with Gasteiger partial charge in [-0.2, -0.15) is 0 Å². The van der Waals surface area contributed by atoms with Crippen LogP contribution in [0.2, 0.25) is 5.02 Å². The first-order chi connectivity index (χ1) is 12.4. The van der Waals surface area contributed by atoms with Crippen LogP contribution in [0.1, 0.15) is 23.2 Å². The Morgan fingerprint density at radius 3 is 2.73 bits per heavy atom. The summed E-state index contributed by atoms with van der Waals surface area (Å²) in [5.74, 6) is -0.211. The van der Waals surface area contributed by atoms with Crippen molar-refractivity contribution >= 4 is 50.7 Å². The van der Waals surface area contributed by atoms with Crippen molar-refractivity contribution in [3.63, 3.8) is 0 Å². The lowest BCUT2D eigenvalue weighted by molar-refractivity contribution is 0.102. The first kappa shape index (κ1) is 19.1. The molecule has 1 N–H and O–H groups in total. The second-order valence-electron chi connectivity index (χ2n) is 5.95. The van der Waals surface area contributed by atoms with Gasteiger partial charge in [0.05, 0.1) is 16.5 Å². The van der Waals surface area contributed by atoms with Crippen LogP contribution in [0.4, 0.5) is 11.4 Å². The zero-order valence-electron chi connectivity index (χ0n) is 14.2. The molecule has 3 rings (SSSR count). The molecule has 1 fully saturated rings. The minimum atomic E-state index is -3.40. The van der Waals surface area contributed by atoms with Crippen molar-refractivity contribution in [1.82, 2.24) is 0 Å². The molecule has 1 amide bonds. The third-order valence-electron chi connectivity index (χ3n) is 4.15. The highest BCUT2D eigenvalue weighted by molar-refractivity contribution is 7.98. The minimum absolute atomic E-state index is 0.0984. The summed E-state index contributed by atoms with van der Waals surface area (Å²) in [5.41, 5.74) is 1.40. The molecule has 0 radical (unpaired) electrons. The molecule has 2 aromatic carbocycles. The van der Waals surface area contributed by atoms with Crippen LogP contribution in [-0.2, 0) is 10.0 Å². The molecule has 0 atom stereocenters. The second kappa shape index (κ2) is 7.90. The van der Waals surface area contributed by atoms with Crippen LogP contribution < -0.4 is 9.62 Å². The zero-order chi connectivity index (χ0) is 18.7. The lowest BCUT2D eigenvalue weighted by Gasteiger charge is -2.29. The van der Waals surface area contributed by atoms with Crippen molar-refractivity contribution in [2.75, 3.05) is 28.2 Å². The SMILES string of the molecule is CSc1cccc(NC(=O)c2ccc(Cl)c(N3CCCCS3(=O)=O)c2)c1. The average Bonchev–Trinajstić information content (AvgIpc) is 2.62. The number of carbonyl (C=O) groups excluding carboxylic acids is 1. The summed E-state index contributed by atoms with van der Waals surface area (Å²) in [5, 5.41) is 3.16. The maximum absolute atomic E-state index is 12.6. The standard InChI is InChI=1S/C18H19ClN2O3S2/c1-25-15-6-4-5-14(12-15)20-18(22)13-7-8-16(19)17(11-13)21-9-2-3-10-26(21,23)24/h4-8,11-12H,2-3,9-10H2,1H3,(H,20,22). The van der Waals surface area contributed by atoms with E-state index in [1.807, 2.05) is 30.5 Å². The molecule has 0 spiro atoms. The summed E-state index contributed by atoms with van der Waals surface area (Å²) < 4.78 is 26.0. The number of hydrogen-bond donors (Lipinski definition) is 1. The molecule has 1 aliphatic heterocycles. The van der Waals surface area contributed by atoms with Gasteiger partial charge in [0.2, 0.25) is 10.0 Å². The number of benzene rings is 2. The van der Waals surface area contributed by atoms with Crippen LogP contribution in [0, 0.1) is 0 Å². The molecule has 1 saturated heterocycles. The maximum Gasteiger partial charge on any atom is 0.255 e. The Balaban J connectivity index is 1.88. The van der Waals surface area contributed by atoms with Crippen LogP contribution >= 0.6 is 23.4 Å². The quantitative estimate of drug-likeness (QED) is 0.765. The third-order valence-corrected chi connectivity index (χ3v) is 7.05. The van der Waals surface area contributed by atoms with E-state index in [4.69, 9.17) is 11.6 Å². The van der Waals surface area contributed by atoms with E-state index >= 15 is 0 Å². The van der Waals surface area contributed by atoms with Crippen LogP contribution in [0.5, 0.6) is 0 Å². The van der Waals surface area contributed by atoms with E-state index in [0.29, 0.717) is 34.9 Å². The topological polar surface area (TPSA) is 66.5 Å². The van der Waals surface area contributed by atoms with E-state index in [1.54, 1.807) is 30.0 Å². The van der Waals surface area contributed by atoms with Crippen molar-refractivity contribution < 1.29 is 13.2 Å². The summed E-state index contributed by atoms with van der Waals surface area (Å²) in [6, 6.07) is 12.2. The number of amides is 1. The van der Waals surface area contributed by atoms with E-state index in [2.05, 4.69) is 5.32 Å². The first-order valence-corrected chi connectivity index (χ1v) is 11.4. The Bertz CT molecular complexity index is 932. The van der Waals surface area contributed by atoms with Gasteiger partial charge in [0.25, 0.3) is 5.91 Å². The molecular weight excluding hydrogens is 392 g/mol. The van der Waals surface area contributed by atoms with Crippen LogP contribution in [0.25, 0.3) is 0 Å². The fourth-order valence-corrected chi connectivity index (χ4v) is 5.19. The summed E-state index contributed by atoms with van der Waals surface area (Å²) in [7, 11) is -3.40. The second-order valence-corrected chi connectivity index (χ2v) is 9.25. The van der Waals surface area contributed by atoms with Crippen molar-refractivity contribution in [3.8, 4) is 0 Å². The zero-order valence-corrected chi connectivity index (χ0v) is 16.6. The molecule has 0 aliphatic carbocycles. The lowest BCUT2D eigenvalue weighted by atomic mass is 10.1. The Labute approximate surface area is 162 Å². The molecule has 138 valence electrons. The molecule has 26 heavy (non-hydrogen) atoms. The monoisotopic (exact) mass is 410 g/mol. The number of nitrogens with one attached hydrogen (secondary N) is 1. The molecule has 1 heterocycles. The van der Waals surface area contributed by atoms with Gasteiger partial charge in [0, 0.05) is 22.7 Å². The predicted molar refractivity (Wildman–Crippen MR) is 108 cm³/mol. The van der Waals surface area contributed by atoms with Gasteiger partial charge in [-0.3, -0.25) is 9.10 Å². The van der Waals surface area contributed by atoms with Crippen molar-refractivity contribution in [1.29, 1.82) is 0 Å². The van der Waals surface area contributed by atoms with Crippen LogP contribution in [0.3, 0.4) is 0 Å². The smallest absolute Gasteiger partial charge is 0.255 e. The predicted octanol–water partition coefficient (Wildman–Crippen LogP) is 4.24. The van der Waals surface area contributed by atoms with Crippen LogP contribution in [-0.4, -0.2) is 32.9 Å². The summed E-state index contributed by atoms with van der Waals surface area (Å²) in [6.07, 6.45) is 3.38. The van der Waals surface area contributed by atoms with Gasteiger partial charge in [-0.15, -0.1) is 11.8 Å². The number of nitrogens with zero attached hydrogens (tertiary/aromatic N) is 1. The lowest BCUT2D eigenvalue weighted by Crippen LogP contribution is -2.38. The number of sulfonamides is 1. The number of hydrogen-bond acceptors (Lipinski definition) is 4. The van der Waals surface area contributed by atoms with Gasteiger partial charge in [0.1, 0.15) is 0 Å². The fraction of sp³-hybridized carbons (Fsp3) is 0.278. The highest BCUT2D eigenvalue weighted by atomic mass is 35.5. The molecular formula is C18H19ClN2O3S2. The molecule has 0 unspecified atom stereocenters. The van der Waals surface area contributed by atoms with E-state index < -0.39 is 10.0 Å². The van der Waals surface area contributed by atoms with Gasteiger partial charge < -0.3 is 5.32 Å². The normalized spacial score (nSPS) is 16.3. The van der Waals surface area contributed by atoms with E-state index in [9.17, 15) is 13.2 Å². The van der Waals surface area contributed by atoms with Crippen molar-refractivity contribution in [2.45, 2.75) is 17.7 Å². The number of halogens is 1. The number of carbonyl (C=O) groups is 1. The molecule has 0 aromatic heterocycles. The summed E-state index contributed by atoms with van der Waals surface area (Å²) in [4.78, 5) is 13.6. The van der Waals surface area contributed by atoms with Gasteiger partial charge in [0.15, 0.2) is 0 Å². The van der Waals surface area contributed by atoms with Gasteiger partial charge in [-0.25, -0.2) is 8.42 Å². The van der Waals surface area contributed by atoms with E-state index in [0.717, 1.165) is 11.3 Å². The number of rotatable bonds is 4. The highest BCUT2D eigenvalue weighted by Gasteiger charge is 2.28. The molecule has 5 nitrogen and oxygen atoms in total. The van der Waals surface area contributed by atoms with Gasteiger partial charge in [-0.05, 0) is 55.5 Å². The molecule has 8 heteroatoms. The van der Waals surface area contributed by atoms with Crippen LogP contribution in [0.15, 0.2) is 47.4 Å². The summed E-state index contributed by atoms with van der Waals surface area (Å²) in [6.45, 7) is 0.378. The third kappa shape index (κ3) is 4.16. The van der Waals surface area contributed by atoms with E-state index in [-0.39, 0.29) is 11.7 Å². The number of anilines is 2. The van der Waals surface area contributed by atoms with Crippen molar-refractivity contribution in [2.24, 2.45) is 0 Å². The maximum atomic E-state index is 12.6. The number of thioether (sulfide) groups is 1.